The van der Waals surface area contributed by atoms with E-state index in [9.17, 15) is 34.8 Å². The first kappa shape index (κ1) is 33.4. The Morgan fingerprint density at radius 1 is 0.822 bits per heavy atom. The van der Waals surface area contributed by atoms with E-state index in [-0.39, 0.29) is 34.9 Å². The molecule has 0 aliphatic heterocycles. The number of methoxy groups -OCH3 is 2. The second kappa shape index (κ2) is 13.2. The van der Waals surface area contributed by atoms with Crippen LogP contribution in [0.5, 0.6) is 17.4 Å². The Kier molecular flexibility index (Phi) is 9.80. The molecule has 0 amide bonds. The second-order valence-electron chi connectivity index (χ2n) is 9.61. The van der Waals surface area contributed by atoms with Gasteiger partial charge in [-0.2, -0.15) is 26.3 Å². The van der Waals surface area contributed by atoms with E-state index in [1.54, 1.807) is 0 Å². The lowest BCUT2D eigenvalue weighted by atomic mass is 10.1. The Morgan fingerprint density at radius 2 is 1.51 bits per heavy atom. The lowest BCUT2D eigenvalue weighted by Crippen LogP contribution is -2.38. The molecule has 0 aliphatic rings. The van der Waals surface area contributed by atoms with Crippen molar-refractivity contribution in [2.75, 3.05) is 24.3 Å². The molecule has 1 aromatic heterocycles. The fraction of sp³-hybridized carbons (Fsp3) is 0.233. The highest BCUT2D eigenvalue weighted by atomic mass is 32.2. The van der Waals surface area contributed by atoms with Crippen LogP contribution >= 0.6 is 0 Å². The molecule has 7 nitrogen and oxygen atoms in total. The summed E-state index contributed by atoms with van der Waals surface area (Å²) in [7, 11) is -2.55. The first-order valence-electron chi connectivity index (χ1n) is 12.9. The third kappa shape index (κ3) is 8.56. The lowest BCUT2D eigenvalue weighted by Gasteiger charge is -2.26. The number of alkyl halides is 6. The predicted octanol–water partition coefficient (Wildman–Crippen LogP) is 7.40. The fourth-order valence-corrected chi connectivity index (χ4v) is 5.60. The topological polar surface area (TPSA) is 78.0 Å². The van der Waals surface area contributed by atoms with Crippen molar-refractivity contribution < 1.29 is 53.4 Å². The first-order valence-corrected chi connectivity index (χ1v) is 14.5. The molecule has 0 radical (unpaired) electrons. The van der Waals surface area contributed by atoms with E-state index in [1.165, 1.54) is 55.6 Å². The zero-order valence-electron chi connectivity index (χ0n) is 23.6. The van der Waals surface area contributed by atoms with Gasteiger partial charge >= 0.3 is 12.4 Å². The van der Waals surface area contributed by atoms with Crippen LogP contribution < -0.4 is 18.5 Å². The van der Waals surface area contributed by atoms with Gasteiger partial charge in [-0.1, -0.05) is 24.3 Å². The third-order valence-corrected chi connectivity index (χ3v) is 8.06. The molecule has 1 heterocycles. The number of rotatable bonds is 11. The average Bonchev–Trinajstić information content (AvgIpc) is 2.98. The van der Waals surface area contributed by atoms with Crippen LogP contribution in [-0.2, 0) is 29.4 Å². The number of aromatic nitrogens is 1. The van der Waals surface area contributed by atoms with E-state index in [4.69, 9.17) is 14.2 Å². The standard InChI is InChI=1S/C30H25F7N2O5S/c1-42-23-8-6-19(7-9-23)16-39(45(40,41)18-29(32,33)34)27-13-21(15-38-28(27)43-2)25-14-24(10-11-26(25)31)44-17-20-4-3-5-22(12-20)30(35,36)37/h3-15H,16-18H2,1-2H3. The predicted molar refractivity (Wildman–Crippen MR) is 151 cm³/mol. The minimum absolute atomic E-state index is 0.0426. The number of halogens is 7. The molecule has 4 aromatic rings. The van der Waals surface area contributed by atoms with Crippen molar-refractivity contribution in [3.63, 3.8) is 0 Å². The number of sulfonamides is 1. The van der Waals surface area contributed by atoms with Crippen LogP contribution in [0.25, 0.3) is 11.1 Å². The molecule has 0 bridgehead atoms. The van der Waals surface area contributed by atoms with Gasteiger partial charge in [-0.15, -0.1) is 0 Å². The van der Waals surface area contributed by atoms with Crippen molar-refractivity contribution >= 4 is 15.7 Å². The zero-order valence-corrected chi connectivity index (χ0v) is 24.4. The van der Waals surface area contributed by atoms with E-state index in [0.29, 0.717) is 15.6 Å². The Bertz CT molecular complexity index is 1750. The number of hydrogen-bond acceptors (Lipinski definition) is 6. The largest absolute Gasteiger partial charge is 0.497 e. The van der Waals surface area contributed by atoms with Crippen molar-refractivity contribution in [3.8, 4) is 28.5 Å². The molecular formula is C30H25F7N2O5S. The molecule has 0 atom stereocenters. The SMILES string of the molecule is COc1ccc(CN(c2cc(-c3cc(OCc4cccc(C(F)(F)F)c4)ccc3F)cnc2OC)S(=O)(=O)CC(F)(F)F)cc1. The number of ether oxygens (including phenoxy) is 3. The average molecular weight is 659 g/mol. The summed E-state index contributed by atoms with van der Waals surface area (Å²) in [6.45, 7) is -0.862. The van der Waals surface area contributed by atoms with Crippen LogP contribution in [0.4, 0.5) is 36.4 Å². The second-order valence-corrected chi connectivity index (χ2v) is 11.5. The highest BCUT2D eigenvalue weighted by Gasteiger charge is 2.40. The van der Waals surface area contributed by atoms with Crippen molar-refractivity contribution in [1.29, 1.82) is 0 Å². The molecule has 3 aromatic carbocycles. The van der Waals surface area contributed by atoms with Gasteiger partial charge in [0.2, 0.25) is 15.9 Å². The van der Waals surface area contributed by atoms with Crippen molar-refractivity contribution in [3.05, 3.63) is 102 Å². The van der Waals surface area contributed by atoms with Crippen LogP contribution in [0.3, 0.4) is 0 Å². The monoisotopic (exact) mass is 658 g/mol. The lowest BCUT2D eigenvalue weighted by molar-refractivity contribution is -0.137. The summed E-state index contributed by atoms with van der Waals surface area (Å²) in [5.74, 6) is -2.90. The summed E-state index contributed by atoms with van der Waals surface area (Å²) < 4.78 is 137. The van der Waals surface area contributed by atoms with Gasteiger partial charge in [0, 0.05) is 17.3 Å². The summed E-state index contributed by atoms with van der Waals surface area (Å²) in [5, 5.41) is 0. The number of hydrogen-bond donors (Lipinski definition) is 0. The fourth-order valence-electron chi connectivity index (χ4n) is 4.26. The molecule has 45 heavy (non-hydrogen) atoms. The minimum atomic E-state index is -5.09. The van der Waals surface area contributed by atoms with Gasteiger partial charge in [-0.05, 0) is 59.7 Å². The highest BCUT2D eigenvalue weighted by Crippen LogP contribution is 2.37. The molecule has 0 spiro atoms. The summed E-state index contributed by atoms with van der Waals surface area (Å²) >= 11 is 0. The summed E-state index contributed by atoms with van der Waals surface area (Å²) in [6, 6.07) is 14.9. The van der Waals surface area contributed by atoms with Gasteiger partial charge in [0.05, 0.1) is 26.3 Å². The van der Waals surface area contributed by atoms with Crippen molar-refractivity contribution in [2.45, 2.75) is 25.5 Å². The van der Waals surface area contributed by atoms with Crippen LogP contribution in [0, 0.1) is 5.82 Å². The minimum Gasteiger partial charge on any atom is -0.497 e. The van der Waals surface area contributed by atoms with E-state index in [1.807, 2.05) is 0 Å². The maximum absolute atomic E-state index is 15.1. The maximum Gasteiger partial charge on any atom is 0.416 e. The van der Waals surface area contributed by atoms with Gasteiger partial charge in [-0.25, -0.2) is 17.8 Å². The molecule has 15 heteroatoms. The molecule has 4 rings (SSSR count). The van der Waals surface area contributed by atoms with Crippen LogP contribution in [0.1, 0.15) is 16.7 Å². The van der Waals surface area contributed by atoms with Gasteiger partial charge in [-0.3, -0.25) is 4.31 Å². The third-order valence-electron chi connectivity index (χ3n) is 6.37. The highest BCUT2D eigenvalue weighted by molar-refractivity contribution is 7.92. The van der Waals surface area contributed by atoms with Gasteiger partial charge < -0.3 is 14.2 Å². The quantitative estimate of drug-likeness (QED) is 0.156. The molecule has 0 N–H and O–H groups in total. The van der Waals surface area contributed by atoms with Crippen LogP contribution in [0.2, 0.25) is 0 Å². The number of pyridine rings is 1. The van der Waals surface area contributed by atoms with Gasteiger partial charge in [0.1, 0.15) is 29.6 Å². The van der Waals surface area contributed by atoms with Crippen LogP contribution in [-0.4, -0.2) is 39.6 Å². The van der Waals surface area contributed by atoms with Crippen molar-refractivity contribution in [1.82, 2.24) is 4.98 Å². The number of benzene rings is 3. The Morgan fingerprint density at radius 3 is 2.13 bits per heavy atom. The molecule has 240 valence electrons. The van der Waals surface area contributed by atoms with Crippen LogP contribution in [0.15, 0.2) is 79.0 Å². The maximum atomic E-state index is 15.1. The van der Waals surface area contributed by atoms with Crippen molar-refractivity contribution in [2.24, 2.45) is 0 Å². The molecule has 0 saturated heterocycles. The normalized spacial score (nSPS) is 12.1. The Hall–Kier alpha value is -4.53. The Labute approximate surface area is 253 Å². The molecule has 0 saturated carbocycles. The van der Waals surface area contributed by atoms with Gasteiger partial charge in [0.15, 0.2) is 5.75 Å². The van der Waals surface area contributed by atoms with E-state index in [0.717, 1.165) is 37.6 Å². The Balaban J connectivity index is 1.73. The summed E-state index contributed by atoms with van der Waals surface area (Å²) in [6.07, 6.45) is -8.53. The molecule has 0 aliphatic carbocycles. The molecule has 0 fully saturated rings. The smallest absolute Gasteiger partial charge is 0.416 e. The molecular weight excluding hydrogens is 633 g/mol. The molecule has 0 unspecified atom stereocenters. The first-order chi connectivity index (χ1) is 21.1. The number of nitrogens with zero attached hydrogens (tertiary/aromatic N) is 2. The summed E-state index contributed by atoms with van der Waals surface area (Å²) in [5.41, 5.74) is -1.01. The van der Waals surface area contributed by atoms with Gasteiger partial charge in [0.25, 0.3) is 0 Å². The summed E-state index contributed by atoms with van der Waals surface area (Å²) in [4.78, 5) is 4.03. The van der Waals surface area contributed by atoms with E-state index < -0.39 is 51.7 Å². The number of anilines is 1. The van der Waals surface area contributed by atoms with E-state index >= 15 is 4.39 Å². The zero-order chi connectivity index (χ0) is 33.0. The van der Waals surface area contributed by atoms with E-state index in [2.05, 4.69) is 4.98 Å².